The van der Waals surface area contributed by atoms with Crippen LogP contribution in [0.3, 0.4) is 0 Å². The number of rotatable bonds is 22. The van der Waals surface area contributed by atoms with Crippen molar-refractivity contribution < 1.29 is 43.1 Å². The molecule has 412 valence electrons. The number of carbonyl (C=O) groups is 8. The van der Waals surface area contributed by atoms with E-state index in [9.17, 15) is 38.4 Å². The van der Waals surface area contributed by atoms with Gasteiger partial charge >= 0.3 is 5.97 Å². The van der Waals surface area contributed by atoms with Gasteiger partial charge < -0.3 is 46.9 Å². The highest BCUT2D eigenvalue weighted by molar-refractivity contribution is 5.99. The van der Waals surface area contributed by atoms with E-state index in [1.54, 1.807) is 18.1 Å². The molecule has 6 rings (SSSR count). The number of esters is 1. The van der Waals surface area contributed by atoms with E-state index < -0.39 is 77.5 Å². The molecule has 3 saturated carbocycles. The fourth-order valence-electron chi connectivity index (χ4n) is 13.9. The third-order valence-electron chi connectivity index (χ3n) is 18.0. The first kappa shape index (κ1) is 58.0. The Morgan fingerprint density at radius 1 is 0.784 bits per heavy atom. The van der Waals surface area contributed by atoms with Crippen molar-refractivity contribution in [3.8, 4) is 0 Å². The fraction of sp³-hybridized carbons (Fsp3) is 0.754. The highest BCUT2D eigenvalue weighted by Gasteiger charge is 2.59. The van der Waals surface area contributed by atoms with Crippen molar-refractivity contribution in [1.82, 2.24) is 36.4 Å². The summed E-state index contributed by atoms with van der Waals surface area (Å²) in [6.07, 6.45) is 20.0. The molecule has 13 atom stereocenters. The molecule has 0 aromatic rings. The molecule has 0 aromatic heterocycles. The van der Waals surface area contributed by atoms with Crippen LogP contribution in [0.5, 0.6) is 0 Å². The number of nitrogens with two attached hydrogens (primary N) is 1. The molecule has 7 N–H and O–H groups in total. The van der Waals surface area contributed by atoms with Gasteiger partial charge in [-0.15, -0.1) is 0 Å². The van der Waals surface area contributed by atoms with Gasteiger partial charge in [0, 0.05) is 38.2 Å². The first-order valence-corrected chi connectivity index (χ1v) is 28.0. The molecule has 2 aliphatic heterocycles. The molecule has 1 saturated heterocycles. The van der Waals surface area contributed by atoms with Crippen LogP contribution in [-0.4, -0.2) is 114 Å². The molecule has 17 heteroatoms. The highest BCUT2D eigenvalue weighted by atomic mass is 16.5. The van der Waals surface area contributed by atoms with Crippen LogP contribution in [0.25, 0.3) is 0 Å². The number of likely N-dealkylation sites (tertiary alicyclic amines) is 1. The van der Waals surface area contributed by atoms with Crippen molar-refractivity contribution in [1.29, 1.82) is 0 Å². The number of nitrogens with one attached hydrogen (secondary N) is 5. The van der Waals surface area contributed by atoms with Gasteiger partial charge in [-0.1, -0.05) is 79.0 Å². The lowest BCUT2D eigenvalue weighted by atomic mass is 9.47. The zero-order valence-corrected chi connectivity index (χ0v) is 46.2. The van der Waals surface area contributed by atoms with E-state index in [1.165, 1.54) is 62.8 Å². The lowest BCUT2D eigenvalue weighted by Crippen LogP contribution is -2.59. The normalized spacial score (nSPS) is 29.2. The van der Waals surface area contributed by atoms with Crippen molar-refractivity contribution in [3.63, 3.8) is 0 Å². The van der Waals surface area contributed by atoms with Crippen molar-refractivity contribution in [2.75, 3.05) is 20.1 Å². The standard InChI is InChI=1S/C57H90N8O9/c1-33(2)15-16-35(5)42-19-20-43-41-18-17-39-30-40(23-25-56(39,8)44(41)24-26-57(42,43)9)74-49(67)31-59-54(72)47-14-12-28-65(47)55(73)46(29-34(3)4)63-53(71)45(21-22-48(58)66)62-51(69)37(7)60-50(68)36(6)61-52(70)38-13-11-27-64(10)32-38/h11,17,27,32-37,40-47H,12-16,18-26,28-31H2,1-10H3,(H2,58,66)(H,59,72)(H,60,68)(H,61,70)(H,62,69)(H,63,71)/t35-,36+,37+,40-,41+,42-,43+,44+,45+,46+,47+,56+,57-/m1/s1. The third-order valence-corrected chi connectivity index (χ3v) is 18.0. The van der Waals surface area contributed by atoms with Gasteiger partial charge in [0.05, 0.1) is 0 Å². The second kappa shape index (κ2) is 25.1. The molecule has 7 amide bonds. The summed E-state index contributed by atoms with van der Waals surface area (Å²) in [7, 11) is 1.78. The van der Waals surface area contributed by atoms with E-state index in [4.69, 9.17) is 10.5 Å². The van der Waals surface area contributed by atoms with Gasteiger partial charge in [-0.25, -0.2) is 0 Å². The van der Waals surface area contributed by atoms with Crippen LogP contribution in [0.15, 0.2) is 35.7 Å². The van der Waals surface area contributed by atoms with Crippen LogP contribution in [0, 0.1) is 52.3 Å². The van der Waals surface area contributed by atoms with Gasteiger partial charge in [0.1, 0.15) is 42.9 Å². The fourth-order valence-corrected chi connectivity index (χ4v) is 13.9. The SMILES string of the molecule is CC(C)CC[C@@H](C)[C@H]1CC[C@H]2[C@@H]3CC=C4C[C@H](OC(=O)CNC(=O)[C@@H]5CCCN5C(=O)[C@H](CC(C)C)NC(=O)[C@H](CCC(N)=O)NC(=O)[C@H](C)NC(=O)[C@H](C)NC(=O)C5=CN(C)C=CC5)CC[C@]4(C)[C@H]3CC[C@]12C. The third kappa shape index (κ3) is 14.0. The Balaban J connectivity index is 0.998. The van der Waals surface area contributed by atoms with Gasteiger partial charge in [-0.3, -0.25) is 38.4 Å². The summed E-state index contributed by atoms with van der Waals surface area (Å²) in [6.45, 7) is 18.8. The molecule has 0 aromatic carbocycles. The van der Waals surface area contributed by atoms with Crippen molar-refractivity contribution in [2.24, 2.45) is 58.0 Å². The summed E-state index contributed by atoms with van der Waals surface area (Å²) in [5.41, 5.74) is 7.84. The van der Waals surface area contributed by atoms with Gasteiger partial charge in [-0.05, 0) is 149 Å². The van der Waals surface area contributed by atoms with E-state index in [0.29, 0.717) is 48.5 Å². The molecule has 0 radical (unpaired) electrons. The lowest BCUT2D eigenvalue weighted by Gasteiger charge is -2.58. The molecule has 0 unspecified atom stereocenters. The smallest absolute Gasteiger partial charge is 0.325 e. The first-order valence-electron chi connectivity index (χ1n) is 28.0. The van der Waals surface area contributed by atoms with E-state index in [0.717, 1.165) is 42.9 Å². The van der Waals surface area contributed by atoms with Gasteiger partial charge in [-0.2, -0.15) is 0 Å². The van der Waals surface area contributed by atoms with Crippen LogP contribution in [-0.2, 0) is 43.1 Å². The van der Waals surface area contributed by atoms with Crippen molar-refractivity contribution in [3.05, 3.63) is 35.7 Å². The van der Waals surface area contributed by atoms with Crippen molar-refractivity contribution >= 4 is 47.3 Å². The Bertz CT molecular complexity index is 2190. The minimum Gasteiger partial charge on any atom is -0.461 e. The summed E-state index contributed by atoms with van der Waals surface area (Å²) >= 11 is 0. The highest BCUT2D eigenvalue weighted by Crippen LogP contribution is 2.67. The van der Waals surface area contributed by atoms with Crippen LogP contribution in [0.4, 0.5) is 0 Å². The second-order valence-electron chi connectivity index (χ2n) is 24.3. The molecule has 0 bridgehead atoms. The second-order valence-corrected chi connectivity index (χ2v) is 24.3. The molecular weight excluding hydrogens is 941 g/mol. The Morgan fingerprint density at radius 3 is 2.18 bits per heavy atom. The Morgan fingerprint density at radius 2 is 1.49 bits per heavy atom. The zero-order valence-electron chi connectivity index (χ0n) is 46.2. The van der Waals surface area contributed by atoms with Gasteiger partial charge in [0.15, 0.2) is 0 Å². The van der Waals surface area contributed by atoms with E-state index in [-0.39, 0.29) is 49.8 Å². The summed E-state index contributed by atoms with van der Waals surface area (Å²) < 4.78 is 6.04. The average Bonchev–Trinajstić information content (AvgIpc) is 3.98. The summed E-state index contributed by atoms with van der Waals surface area (Å²) in [4.78, 5) is 110. The van der Waals surface area contributed by atoms with E-state index in [2.05, 4.69) is 67.3 Å². The quantitative estimate of drug-likeness (QED) is 0.0573. The van der Waals surface area contributed by atoms with Crippen molar-refractivity contribution in [2.45, 2.75) is 201 Å². The van der Waals surface area contributed by atoms with E-state index >= 15 is 0 Å². The summed E-state index contributed by atoms with van der Waals surface area (Å²) in [5, 5.41) is 13.3. The maximum absolute atomic E-state index is 14.3. The van der Waals surface area contributed by atoms with E-state index in [1.807, 2.05) is 26.1 Å². The molecule has 6 aliphatic rings. The monoisotopic (exact) mass is 1030 g/mol. The van der Waals surface area contributed by atoms with Gasteiger partial charge in [0.2, 0.25) is 41.4 Å². The number of hydrogen-bond acceptors (Lipinski definition) is 10. The maximum atomic E-state index is 14.3. The first-order chi connectivity index (χ1) is 34.9. The number of ether oxygens (including phenoxy) is 1. The zero-order chi connectivity index (χ0) is 54.2. The van der Waals surface area contributed by atoms with Gasteiger partial charge in [0.25, 0.3) is 0 Å². The predicted octanol–water partition coefficient (Wildman–Crippen LogP) is 5.68. The minimum absolute atomic E-state index is 0.0766. The number of hydrogen-bond donors (Lipinski definition) is 6. The van der Waals surface area contributed by atoms with Crippen LogP contribution in [0.1, 0.15) is 165 Å². The maximum Gasteiger partial charge on any atom is 0.325 e. The Hall–Kier alpha value is -5.22. The summed E-state index contributed by atoms with van der Waals surface area (Å²) in [5.74, 6) is -0.424. The average molecular weight is 1030 g/mol. The minimum atomic E-state index is -1.32. The van der Waals surface area contributed by atoms with Crippen LogP contribution in [0.2, 0.25) is 0 Å². The molecule has 0 spiro atoms. The lowest BCUT2D eigenvalue weighted by molar-refractivity contribution is -0.152. The largest absolute Gasteiger partial charge is 0.461 e. The molecule has 4 aliphatic carbocycles. The number of nitrogens with zero attached hydrogens (tertiary/aromatic N) is 2. The molecule has 2 heterocycles. The number of carbonyl (C=O) groups excluding carboxylic acids is 8. The number of fused-ring (bicyclic) bond motifs is 5. The van der Waals surface area contributed by atoms with Crippen LogP contribution >= 0.6 is 0 Å². The topological polar surface area (TPSA) is 238 Å². The molecular formula is C57H90N8O9. The summed E-state index contributed by atoms with van der Waals surface area (Å²) in [6, 6.07) is -5.45. The Labute approximate surface area is 440 Å². The Kier molecular flexibility index (Phi) is 19.7. The number of amides is 7. The number of allylic oxidation sites excluding steroid dienone is 2. The molecule has 4 fully saturated rings. The molecule has 17 nitrogen and oxygen atoms in total. The molecule has 74 heavy (non-hydrogen) atoms. The predicted molar refractivity (Wildman–Crippen MR) is 283 cm³/mol. The van der Waals surface area contributed by atoms with Crippen LogP contribution < -0.4 is 32.3 Å². The number of primary amides is 1.